The molecule has 0 bridgehead atoms. The highest BCUT2D eigenvalue weighted by atomic mass is 16.5. The second kappa shape index (κ2) is 9.57. The molecule has 1 amide bonds. The largest absolute Gasteiger partial charge is 0.375 e. The number of nitrogens with zero attached hydrogens (tertiary/aromatic N) is 2. The van der Waals surface area contributed by atoms with Crippen LogP contribution in [0.5, 0.6) is 0 Å². The fraction of sp³-hybridized carbons (Fsp3) is 0.613. The quantitative estimate of drug-likeness (QED) is 0.501. The first-order valence-electron chi connectivity index (χ1n) is 14.3. The highest BCUT2D eigenvalue weighted by Crippen LogP contribution is 2.50. The maximum atomic E-state index is 13.3. The minimum Gasteiger partial charge on any atom is -0.375 e. The molecule has 1 spiro atoms. The molecule has 4 aliphatic rings. The molecule has 2 aliphatic heterocycles. The summed E-state index contributed by atoms with van der Waals surface area (Å²) in [6.07, 6.45) is 13.2. The predicted molar refractivity (Wildman–Crippen MR) is 142 cm³/mol. The van der Waals surface area contributed by atoms with E-state index in [1.165, 1.54) is 42.5 Å². The zero-order valence-corrected chi connectivity index (χ0v) is 22.0. The molecule has 1 aromatic heterocycles. The van der Waals surface area contributed by atoms with Crippen molar-refractivity contribution in [3.05, 3.63) is 65.0 Å². The SMILES string of the molecule is CCC(C)N1C(=O)c2cccc3c2C1CCC3NCC[C@@]1(c2ccccn2)CCOC2(CCCC2)C1. The van der Waals surface area contributed by atoms with Crippen molar-refractivity contribution in [1.82, 2.24) is 15.2 Å². The van der Waals surface area contributed by atoms with E-state index in [4.69, 9.17) is 9.72 Å². The highest BCUT2D eigenvalue weighted by Gasteiger charge is 2.49. The van der Waals surface area contributed by atoms with Gasteiger partial charge in [-0.2, -0.15) is 0 Å². The van der Waals surface area contributed by atoms with Gasteiger partial charge in [-0.1, -0.05) is 38.0 Å². The maximum Gasteiger partial charge on any atom is 0.254 e. The van der Waals surface area contributed by atoms with E-state index in [1.807, 2.05) is 18.3 Å². The summed E-state index contributed by atoms with van der Waals surface area (Å²) in [5, 5.41) is 3.95. The molecule has 5 heteroatoms. The smallest absolute Gasteiger partial charge is 0.254 e. The third kappa shape index (κ3) is 3.99. The van der Waals surface area contributed by atoms with Gasteiger partial charge >= 0.3 is 0 Å². The molecule has 2 fully saturated rings. The lowest BCUT2D eigenvalue weighted by molar-refractivity contribution is -0.104. The van der Waals surface area contributed by atoms with Gasteiger partial charge in [-0.05, 0) is 94.2 Å². The Labute approximate surface area is 216 Å². The Morgan fingerprint density at radius 1 is 1.14 bits per heavy atom. The van der Waals surface area contributed by atoms with E-state index in [9.17, 15) is 4.79 Å². The maximum absolute atomic E-state index is 13.3. The van der Waals surface area contributed by atoms with Gasteiger partial charge in [0.15, 0.2) is 0 Å². The Balaban J connectivity index is 1.22. The lowest BCUT2D eigenvalue weighted by atomic mass is 9.68. The molecule has 1 aromatic carbocycles. The van der Waals surface area contributed by atoms with Crippen LogP contribution in [0.4, 0.5) is 0 Å². The third-order valence-electron chi connectivity index (χ3n) is 9.81. The van der Waals surface area contributed by atoms with Gasteiger partial charge in [0.25, 0.3) is 5.91 Å². The molecule has 5 nitrogen and oxygen atoms in total. The van der Waals surface area contributed by atoms with Crippen molar-refractivity contribution in [1.29, 1.82) is 0 Å². The first-order chi connectivity index (χ1) is 17.6. The first kappa shape index (κ1) is 24.1. The molecule has 2 aliphatic carbocycles. The van der Waals surface area contributed by atoms with Crippen molar-refractivity contribution in [2.75, 3.05) is 13.2 Å². The van der Waals surface area contributed by atoms with Crippen LogP contribution in [-0.4, -0.2) is 40.6 Å². The summed E-state index contributed by atoms with van der Waals surface area (Å²) in [5.41, 5.74) is 4.92. The molecular formula is C31H41N3O2. The number of nitrogens with one attached hydrogen (secondary N) is 1. The molecule has 6 rings (SSSR count). The van der Waals surface area contributed by atoms with Crippen molar-refractivity contribution in [3.63, 3.8) is 0 Å². The monoisotopic (exact) mass is 487 g/mol. The third-order valence-corrected chi connectivity index (χ3v) is 9.81. The van der Waals surface area contributed by atoms with Crippen molar-refractivity contribution in [2.45, 2.75) is 107 Å². The van der Waals surface area contributed by atoms with E-state index in [2.05, 4.69) is 48.3 Å². The molecule has 1 saturated carbocycles. The van der Waals surface area contributed by atoms with Crippen LogP contribution in [0.1, 0.15) is 117 Å². The molecule has 1 N–H and O–H groups in total. The van der Waals surface area contributed by atoms with Gasteiger partial charge in [0.2, 0.25) is 0 Å². The van der Waals surface area contributed by atoms with Gasteiger partial charge in [-0.3, -0.25) is 9.78 Å². The number of ether oxygens (including phenoxy) is 1. The standard InChI is InChI=1S/C31H41N3O2/c1-3-22(2)34-26-13-12-25(23-9-8-10-24(28(23)26)29(34)35)32-19-16-30(27-11-4-7-18-33-27)17-20-36-31(21-30)14-5-6-15-31/h4,7-11,18,22,25-26,32H,3,5-6,12-17,19-21H2,1-2H3/t22?,25?,26?,30-/m1/s1. The predicted octanol–water partition coefficient (Wildman–Crippen LogP) is 6.25. The molecule has 2 aromatic rings. The molecular weight excluding hydrogens is 446 g/mol. The number of benzene rings is 1. The lowest BCUT2D eigenvalue weighted by Gasteiger charge is -2.46. The van der Waals surface area contributed by atoms with Crippen LogP contribution in [-0.2, 0) is 10.2 Å². The van der Waals surface area contributed by atoms with Gasteiger partial charge in [-0.25, -0.2) is 0 Å². The number of amides is 1. The minimum atomic E-state index is 0.0495. The van der Waals surface area contributed by atoms with Crippen molar-refractivity contribution >= 4 is 5.91 Å². The van der Waals surface area contributed by atoms with Gasteiger partial charge in [0, 0.05) is 41.6 Å². The zero-order chi connectivity index (χ0) is 24.8. The summed E-state index contributed by atoms with van der Waals surface area (Å²) >= 11 is 0. The molecule has 192 valence electrons. The van der Waals surface area contributed by atoms with Crippen molar-refractivity contribution in [2.24, 2.45) is 0 Å². The summed E-state index contributed by atoms with van der Waals surface area (Å²) in [5.74, 6) is 0.227. The van der Waals surface area contributed by atoms with Crippen LogP contribution in [0.25, 0.3) is 0 Å². The Morgan fingerprint density at radius 2 is 2.00 bits per heavy atom. The topological polar surface area (TPSA) is 54.5 Å². The average molecular weight is 488 g/mol. The molecule has 4 atom stereocenters. The van der Waals surface area contributed by atoms with Crippen molar-refractivity contribution in [3.8, 4) is 0 Å². The molecule has 3 unspecified atom stereocenters. The van der Waals surface area contributed by atoms with Crippen LogP contribution in [0.15, 0.2) is 42.6 Å². The van der Waals surface area contributed by atoms with Crippen LogP contribution in [0.3, 0.4) is 0 Å². The number of carbonyl (C=O) groups excluding carboxylic acids is 1. The van der Waals surface area contributed by atoms with Gasteiger partial charge in [0.05, 0.1) is 11.6 Å². The second-order valence-corrected chi connectivity index (χ2v) is 11.8. The van der Waals surface area contributed by atoms with Gasteiger partial charge < -0.3 is 15.0 Å². The normalized spacial score (nSPS) is 29.5. The first-order valence-corrected chi connectivity index (χ1v) is 14.3. The molecule has 36 heavy (non-hydrogen) atoms. The fourth-order valence-electron chi connectivity index (χ4n) is 7.83. The number of hydrogen-bond acceptors (Lipinski definition) is 4. The Kier molecular flexibility index (Phi) is 6.41. The fourth-order valence-corrected chi connectivity index (χ4v) is 7.83. The van der Waals surface area contributed by atoms with Crippen LogP contribution >= 0.6 is 0 Å². The van der Waals surface area contributed by atoms with E-state index in [0.29, 0.717) is 6.04 Å². The van der Waals surface area contributed by atoms with E-state index in [0.717, 1.165) is 57.2 Å². The number of pyridine rings is 1. The Hall–Kier alpha value is -2.24. The zero-order valence-electron chi connectivity index (χ0n) is 22.0. The van der Waals surface area contributed by atoms with E-state index in [1.54, 1.807) is 0 Å². The Morgan fingerprint density at radius 3 is 2.78 bits per heavy atom. The van der Waals surface area contributed by atoms with E-state index >= 15 is 0 Å². The Bertz CT molecular complexity index is 1100. The van der Waals surface area contributed by atoms with E-state index < -0.39 is 0 Å². The lowest BCUT2D eigenvalue weighted by Crippen LogP contribution is -2.47. The van der Waals surface area contributed by atoms with E-state index in [-0.39, 0.29) is 29.0 Å². The average Bonchev–Trinajstić information content (AvgIpc) is 3.48. The number of carbonyl (C=O) groups is 1. The van der Waals surface area contributed by atoms with Gasteiger partial charge in [-0.15, -0.1) is 0 Å². The summed E-state index contributed by atoms with van der Waals surface area (Å²) in [7, 11) is 0. The number of rotatable bonds is 7. The molecule has 3 heterocycles. The highest BCUT2D eigenvalue weighted by molar-refractivity contribution is 6.00. The van der Waals surface area contributed by atoms with Crippen molar-refractivity contribution < 1.29 is 9.53 Å². The summed E-state index contributed by atoms with van der Waals surface area (Å²) in [4.78, 5) is 20.3. The second-order valence-electron chi connectivity index (χ2n) is 11.8. The summed E-state index contributed by atoms with van der Waals surface area (Å²) < 4.78 is 6.44. The molecule has 1 saturated heterocycles. The molecule has 0 radical (unpaired) electrons. The minimum absolute atomic E-state index is 0.0495. The summed E-state index contributed by atoms with van der Waals surface area (Å²) in [6, 6.07) is 13.6. The summed E-state index contributed by atoms with van der Waals surface area (Å²) in [6.45, 7) is 6.16. The van der Waals surface area contributed by atoms with Crippen LogP contribution in [0, 0.1) is 0 Å². The number of aromatic nitrogens is 1. The number of hydrogen-bond donors (Lipinski definition) is 1. The van der Waals surface area contributed by atoms with Crippen LogP contribution in [0.2, 0.25) is 0 Å². The van der Waals surface area contributed by atoms with Gasteiger partial charge in [0.1, 0.15) is 0 Å². The van der Waals surface area contributed by atoms with Crippen LogP contribution < -0.4 is 5.32 Å².